The minimum Gasteiger partial charge on any atom is -0.388 e. The van der Waals surface area contributed by atoms with Crippen molar-refractivity contribution in [3.05, 3.63) is 35.9 Å². The van der Waals surface area contributed by atoms with Crippen molar-refractivity contribution in [3.8, 4) is 0 Å². The fourth-order valence-corrected chi connectivity index (χ4v) is 5.20. The molecule has 4 atom stereocenters. The molecule has 0 aliphatic carbocycles. The molecule has 2 bridgehead atoms. The molecule has 23 heavy (non-hydrogen) atoms. The Bertz CT molecular complexity index is 506. The van der Waals surface area contributed by atoms with Gasteiger partial charge in [0.1, 0.15) is 0 Å². The first-order chi connectivity index (χ1) is 11.3. The monoisotopic (exact) mass is 314 g/mol. The van der Waals surface area contributed by atoms with E-state index < -0.39 is 0 Å². The molecule has 4 rings (SSSR count). The second-order valence-electron chi connectivity index (χ2n) is 7.89. The molecule has 3 heteroatoms. The van der Waals surface area contributed by atoms with Crippen molar-refractivity contribution in [2.75, 3.05) is 32.7 Å². The van der Waals surface area contributed by atoms with Gasteiger partial charge in [0.05, 0.1) is 6.10 Å². The fourth-order valence-electron chi connectivity index (χ4n) is 5.20. The molecule has 3 heterocycles. The van der Waals surface area contributed by atoms with Gasteiger partial charge in [0.15, 0.2) is 0 Å². The number of nitrogens with zero attached hydrogens (tertiary/aromatic N) is 2. The van der Waals surface area contributed by atoms with Gasteiger partial charge in [0.2, 0.25) is 0 Å². The first-order valence-electron chi connectivity index (χ1n) is 9.49. The summed E-state index contributed by atoms with van der Waals surface area (Å²) in [5.41, 5.74) is 1.06. The number of benzene rings is 1. The molecule has 126 valence electrons. The second kappa shape index (κ2) is 6.92. The summed E-state index contributed by atoms with van der Waals surface area (Å²) >= 11 is 0. The maximum atomic E-state index is 10.4. The third-order valence-electron chi connectivity index (χ3n) is 6.25. The summed E-state index contributed by atoms with van der Waals surface area (Å²) < 4.78 is 0. The van der Waals surface area contributed by atoms with Gasteiger partial charge in [-0.2, -0.15) is 0 Å². The standard InChI is InChI=1S/C20H30N2O/c23-20(17-6-2-1-3-7-17)9-11-21-13-16-12-18(15-21)19-8-4-5-10-22(19)14-16/h1-3,6-7,16,18-20,23H,4-5,8-15H2/t16-,18+,19-,20+/m0/s1. The van der Waals surface area contributed by atoms with Crippen LogP contribution in [0, 0.1) is 11.8 Å². The van der Waals surface area contributed by atoms with Crippen LogP contribution >= 0.6 is 0 Å². The van der Waals surface area contributed by atoms with Gasteiger partial charge in [-0.1, -0.05) is 36.8 Å². The van der Waals surface area contributed by atoms with Gasteiger partial charge in [-0.3, -0.25) is 4.90 Å². The van der Waals surface area contributed by atoms with Crippen LogP contribution in [-0.2, 0) is 0 Å². The van der Waals surface area contributed by atoms with Crippen LogP contribution in [0.25, 0.3) is 0 Å². The van der Waals surface area contributed by atoms with E-state index in [4.69, 9.17) is 0 Å². The van der Waals surface area contributed by atoms with E-state index in [0.717, 1.165) is 36.4 Å². The Hall–Kier alpha value is -0.900. The van der Waals surface area contributed by atoms with E-state index >= 15 is 0 Å². The highest BCUT2D eigenvalue weighted by atomic mass is 16.3. The number of likely N-dealkylation sites (tertiary alicyclic amines) is 1. The number of piperidine rings is 3. The number of hydrogen-bond acceptors (Lipinski definition) is 3. The Morgan fingerprint density at radius 3 is 2.83 bits per heavy atom. The average Bonchev–Trinajstić information content (AvgIpc) is 2.60. The lowest BCUT2D eigenvalue weighted by Crippen LogP contribution is -2.59. The molecular formula is C20H30N2O. The zero-order valence-electron chi connectivity index (χ0n) is 14.1. The van der Waals surface area contributed by atoms with Crippen molar-refractivity contribution in [1.82, 2.24) is 9.80 Å². The van der Waals surface area contributed by atoms with Crippen LogP contribution in [0.4, 0.5) is 0 Å². The highest BCUT2D eigenvalue weighted by molar-refractivity contribution is 5.17. The smallest absolute Gasteiger partial charge is 0.0802 e. The molecule has 0 amide bonds. The zero-order chi connectivity index (χ0) is 15.6. The molecule has 3 aliphatic rings. The topological polar surface area (TPSA) is 26.7 Å². The van der Waals surface area contributed by atoms with E-state index in [0.29, 0.717) is 0 Å². The summed E-state index contributed by atoms with van der Waals surface area (Å²) in [6.07, 6.45) is 6.23. The molecule has 3 nitrogen and oxygen atoms in total. The van der Waals surface area contributed by atoms with Crippen LogP contribution in [0.1, 0.15) is 43.8 Å². The minimum atomic E-state index is -0.316. The quantitative estimate of drug-likeness (QED) is 0.926. The highest BCUT2D eigenvalue weighted by Gasteiger charge is 2.41. The minimum absolute atomic E-state index is 0.316. The van der Waals surface area contributed by atoms with E-state index in [1.165, 1.54) is 51.9 Å². The Kier molecular flexibility index (Phi) is 4.70. The summed E-state index contributed by atoms with van der Waals surface area (Å²) in [7, 11) is 0. The van der Waals surface area contributed by atoms with Gasteiger partial charge in [-0.25, -0.2) is 0 Å². The van der Waals surface area contributed by atoms with Crippen LogP contribution in [0.3, 0.4) is 0 Å². The molecule has 0 radical (unpaired) electrons. The van der Waals surface area contributed by atoms with Crippen LogP contribution < -0.4 is 0 Å². The molecule has 1 aromatic carbocycles. The second-order valence-corrected chi connectivity index (χ2v) is 7.89. The predicted octanol–water partition coefficient (Wildman–Crippen LogP) is 2.92. The lowest BCUT2D eigenvalue weighted by molar-refractivity contribution is -0.0329. The molecule has 3 saturated heterocycles. The molecule has 3 aliphatic heterocycles. The lowest BCUT2D eigenvalue weighted by Gasteiger charge is -2.52. The van der Waals surface area contributed by atoms with E-state index in [9.17, 15) is 5.11 Å². The molecular weight excluding hydrogens is 284 g/mol. The van der Waals surface area contributed by atoms with Crippen molar-refractivity contribution < 1.29 is 5.11 Å². The van der Waals surface area contributed by atoms with E-state index in [-0.39, 0.29) is 6.10 Å². The number of aliphatic hydroxyl groups excluding tert-OH is 1. The summed E-state index contributed by atoms with van der Waals surface area (Å²) in [5.74, 6) is 1.73. The van der Waals surface area contributed by atoms with Gasteiger partial charge >= 0.3 is 0 Å². The summed E-state index contributed by atoms with van der Waals surface area (Å²) in [4.78, 5) is 5.43. The maximum absolute atomic E-state index is 10.4. The van der Waals surface area contributed by atoms with E-state index in [1.807, 2.05) is 30.3 Å². The van der Waals surface area contributed by atoms with Gasteiger partial charge in [-0.15, -0.1) is 0 Å². The van der Waals surface area contributed by atoms with Crippen LogP contribution in [-0.4, -0.2) is 53.7 Å². The van der Waals surface area contributed by atoms with Crippen molar-refractivity contribution in [1.29, 1.82) is 0 Å². The van der Waals surface area contributed by atoms with Crippen molar-refractivity contribution in [3.63, 3.8) is 0 Å². The third-order valence-corrected chi connectivity index (χ3v) is 6.25. The fraction of sp³-hybridized carbons (Fsp3) is 0.700. The normalized spacial score (nSPS) is 33.2. The van der Waals surface area contributed by atoms with Crippen LogP contribution in [0.15, 0.2) is 30.3 Å². The summed E-state index contributed by atoms with van der Waals surface area (Å²) in [6, 6.07) is 11.0. The molecule has 1 aromatic rings. The van der Waals surface area contributed by atoms with Crippen molar-refractivity contribution >= 4 is 0 Å². The number of hydrogen-bond donors (Lipinski definition) is 1. The van der Waals surface area contributed by atoms with Crippen molar-refractivity contribution in [2.45, 2.75) is 44.2 Å². The lowest BCUT2D eigenvalue weighted by atomic mass is 9.76. The Morgan fingerprint density at radius 2 is 1.96 bits per heavy atom. The number of aliphatic hydroxyl groups is 1. The molecule has 0 spiro atoms. The Morgan fingerprint density at radius 1 is 1.09 bits per heavy atom. The highest BCUT2D eigenvalue weighted by Crippen LogP contribution is 2.37. The van der Waals surface area contributed by atoms with Gasteiger partial charge < -0.3 is 10.0 Å². The Balaban J connectivity index is 1.33. The van der Waals surface area contributed by atoms with Gasteiger partial charge in [0, 0.05) is 32.2 Å². The Labute approximate surface area is 140 Å². The molecule has 0 unspecified atom stereocenters. The first-order valence-corrected chi connectivity index (χ1v) is 9.49. The summed E-state index contributed by atoms with van der Waals surface area (Å²) in [5, 5.41) is 10.4. The predicted molar refractivity (Wildman–Crippen MR) is 93.3 cm³/mol. The van der Waals surface area contributed by atoms with Crippen molar-refractivity contribution in [2.24, 2.45) is 11.8 Å². The number of rotatable bonds is 4. The van der Waals surface area contributed by atoms with E-state index in [1.54, 1.807) is 0 Å². The first kappa shape index (κ1) is 15.6. The number of fused-ring (bicyclic) bond motifs is 4. The van der Waals surface area contributed by atoms with Crippen LogP contribution in [0.2, 0.25) is 0 Å². The van der Waals surface area contributed by atoms with Gasteiger partial charge in [-0.05, 0) is 49.6 Å². The van der Waals surface area contributed by atoms with E-state index in [2.05, 4.69) is 9.80 Å². The molecule has 0 saturated carbocycles. The van der Waals surface area contributed by atoms with Crippen LogP contribution in [0.5, 0.6) is 0 Å². The molecule has 3 fully saturated rings. The SMILES string of the molecule is O[C@H](CCN1C[C@@H]2C[C@H](C1)[C@@H]1CCCCN1C2)c1ccccc1. The third kappa shape index (κ3) is 3.47. The maximum Gasteiger partial charge on any atom is 0.0802 e. The van der Waals surface area contributed by atoms with Gasteiger partial charge in [0.25, 0.3) is 0 Å². The zero-order valence-corrected chi connectivity index (χ0v) is 14.1. The average molecular weight is 314 g/mol. The summed E-state index contributed by atoms with van der Waals surface area (Å²) in [6.45, 7) is 6.18. The molecule has 0 aromatic heterocycles. The largest absolute Gasteiger partial charge is 0.388 e. The molecule has 1 N–H and O–H groups in total.